The van der Waals surface area contributed by atoms with Crippen LogP contribution in [0.4, 0.5) is 0 Å². The highest BCUT2D eigenvalue weighted by atomic mass is 127. The lowest BCUT2D eigenvalue weighted by Crippen LogP contribution is -2.51. The number of aliphatic imine (C=N–C) groups is 1. The maximum absolute atomic E-state index is 5.54. The van der Waals surface area contributed by atoms with E-state index >= 15 is 0 Å². The van der Waals surface area contributed by atoms with Crippen molar-refractivity contribution in [1.29, 1.82) is 0 Å². The highest BCUT2D eigenvalue weighted by Gasteiger charge is 2.35. The maximum Gasteiger partial charge on any atom is 0.191 e. The highest BCUT2D eigenvalue weighted by molar-refractivity contribution is 14.0. The van der Waals surface area contributed by atoms with Crippen molar-refractivity contribution in [2.24, 2.45) is 10.9 Å². The molecule has 1 unspecified atom stereocenters. The molecule has 5 nitrogen and oxygen atoms in total. The predicted molar refractivity (Wildman–Crippen MR) is 137 cm³/mol. The maximum atomic E-state index is 5.54. The van der Waals surface area contributed by atoms with E-state index in [0.717, 1.165) is 31.6 Å². The van der Waals surface area contributed by atoms with Gasteiger partial charge in [0.1, 0.15) is 0 Å². The predicted octanol–water partition coefficient (Wildman–Crippen LogP) is 4.23. The molecule has 2 N–H and O–H groups in total. The minimum Gasteiger partial charge on any atom is -0.381 e. The van der Waals surface area contributed by atoms with Crippen molar-refractivity contribution in [3.05, 3.63) is 22.4 Å². The molecule has 1 aliphatic carbocycles. The summed E-state index contributed by atoms with van der Waals surface area (Å²) in [5, 5.41) is 9.64. The molecule has 30 heavy (non-hydrogen) atoms. The van der Waals surface area contributed by atoms with Gasteiger partial charge in [0.2, 0.25) is 0 Å². The van der Waals surface area contributed by atoms with Gasteiger partial charge >= 0.3 is 0 Å². The molecule has 4 rings (SSSR count). The van der Waals surface area contributed by atoms with Gasteiger partial charge in [-0.25, -0.2) is 0 Å². The van der Waals surface area contributed by atoms with Gasteiger partial charge < -0.3 is 20.3 Å². The number of nitrogens with zero attached hydrogens (tertiary/aromatic N) is 2. The van der Waals surface area contributed by atoms with Crippen molar-refractivity contribution in [1.82, 2.24) is 15.5 Å². The lowest BCUT2D eigenvalue weighted by atomic mass is 9.73. The minimum atomic E-state index is 0. The first-order valence-corrected chi connectivity index (χ1v) is 12.5. The molecule has 1 saturated carbocycles. The second-order valence-electron chi connectivity index (χ2n) is 9.19. The molecule has 0 spiro atoms. The van der Waals surface area contributed by atoms with E-state index in [1.54, 1.807) is 4.88 Å². The van der Waals surface area contributed by atoms with Crippen LogP contribution in [-0.4, -0.2) is 63.3 Å². The second kappa shape index (κ2) is 12.0. The Morgan fingerprint density at radius 1 is 1.23 bits per heavy atom. The van der Waals surface area contributed by atoms with E-state index in [1.165, 1.54) is 71.0 Å². The van der Waals surface area contributed by atoms with Crippen LogP contribution in [0.25, 0.3) is 0 Å². The number of guanidine groups is 1. The largest absolute Gasteiger partial charge is 0.381 e. The fraction of sp³-hybridized carbons (Fsp3) is 0.783. The fourth-order valence-electron chi connectivity index (χ4n) is 5.31. The Morgan fingerprint density at radius 3 is 2.67 bits per heavy atom. The van der Waals surface area contributed by atoms with Crippen molar-refractivity contribution >= 4 is 41.3 Å². The van der Waals surface area contributed by atoms with E-state index in [2.05, 4.69) is 38.0 Å². The molecule has 0 radical (unpaired) electrons. The summed E-state index contributed by atoms with van der Waals surface area (Å²) in [5.41, 5.74) is 0.288. The Bertz CT molecular complexity index is 634. The number of likely N-dealkylation sites (tertiary alicyclic amines) is 1. The second-order valence-corrected chi connectivity index (χ2v) is 10.1. The SMILES string of the molecule is CN=C(NCC1(c2cccs2)CCCCC1)NC1CCN(CC2CCOC2)CC1.I. The number of halogens is 1. The normalized spacial score (nSPS) is 25.6. The topological polar surface area (TPSA) is 48.9 Å². The molecule has 170 valence electrons. The lowest BCUT2D eigenvalue weighted by Gasteiger charge is -2.38. The van der Waals surface area contributed by atoms with Gasteiger partial charge in [-0.3, -0.25) is 4.99 Å². The molecule has 1 atom stereocenters. The van der Waals surface area contributed by atoms with Gasteiger partial charge in [0.25, 0.3) is 0 Å². The summed E-state index contributed by atoms with van der Waals surface area (Å²) in [6, 6.07) is 5.06. The van der Waals surface area contributed by atoms with Crippen molar-refractivity contribution in [3.63, 3.8) is 0 Å². The third-order valence-electron chi connectivity index (χ3n) is 7.14. The van der Waals surface area contributed by atoms with E-state index < -0.39 is 0 Å². The van der Waals surface area contributed by atoms with Gasteiger partial charge in [-0.2, -0.15) is 0 Å². The first-order chi connectivity index (χ1) is 14.3. The van der Waals surface area contributed by atoms with E-state index in [-0.39, 0.29) is 29.4 Å². The van der Waals surface area contributed by atoms with Gasteiger partial charge in [-0.1, -0.05) is 25.3 Å². The first kappa shape index (κ1) is 24.3. The summed E-state index contributed by atoms with van der Waals surface area (Å²) < 4.78 is 5.54. The molecule has 2 saturated heterocycles. The number of hydrogen-bond acceptors (Lipinski definition) is 4. The molecular weight excluding hydrogens is 507 g/mol. The molecule has 1 aromatic rings. The van der Waals surface area contributed by atoms with Gasteiger partial charge in [0.05, 0.1) is 6.61 Å². The summed E-state index contributed by atoms with van der Waals surface area (Å²) in [7, 11) is 1.91. The van der Waals surface area contributed by atoms with Crippen LogP contribution in [0.5, 0.6) is 0 Å². The third-order valence-corrected chi connectivity index (χ3v) is 8.26. The lowest BCUT2D eigenvalue weighted by molar-refractivity contribution is 0.150. The summed E-state index contributed by atoms with van der Waals surface area (Å²) in [5.74, 6) is 1.73. The zero-order valence-electron chi connectivity index (χ0n) is 18.4. The number of thiophene rings is 1. The van der Waals surface area contributed by atoms with Crippen LogP contribution in [0, 0.1) is 5.92 Å². The van der Waals surface area contributed by atoms with Crippen LogP contribution >= 0.6 is 35.3 Å². The Morgan fingerprint density at radius 2 is 2.03 bits per heavy atom. The number of ether oxygens (including phenoxy) is 1. The molecular formula is C23H39IN4OS. The van der Waals surface area contributed by atoms with Gasteiger partial charge in [0.15, 0.2) is 5.96 Å². The van der Waals surface area contributed by atoms with Crippen molar-refractivity contribution in [3.8, 4) is 0 Å². The monoisotopic (exact) mass is 546 g/mol. The fourth-order valence-corrected chi connectivity index (χ4v) is 6.30. The zero-order valence-corrected chi connectivity index (χ0v) is 21.6. The Kier molecular flexibility index (Phi) is 9.72. The Hall–Kier alpha value is -0.380. The van der Waals surface area contributed by atoms with Crippen LogP contribution in [0.1, 0.15) is 56.2 Å². The van der Waals surface area contributed by atoms with Crippen LogP contribution in [0.3, 0.4) is 0 Å². The third kappa shape index (κ3) is 6.33. The van der Waals surface area contributed by atoms with E-state index in [9.17, 15) is 0 Å². The number of nitrogens with one attached hydrogen (secondary N) is 2. The van der Waals surface area contributed by atoms with E-state index in [1.807, 2.05) is 18.4 Å². The van der Waals surface area contributed by atoms with E-state index in [0.29, 0.717) is 6.04 Å². The van der Waals surface area contributed by atoms with Gasteiger partial charge in [-0.05, 0) is 49.5 Å². The van der Waals surface area contributed by atoms with Crippen molar-refractivity contribution in [2.45, 2.75) is 62.8 Å². The average Bonchev–Trinajstić information content (AvgIpc) is 3.48. The molecule has 0 amide bonds. The quantitative estimate of drug-likeness (QED) is 0.319. The molecule has 7 heteroatoms. The molecule has 0 bridgehead atoms. The smallest absolute Gasteiger partial charge is 0.191 e. The summed E-state index contributed by atoms with van der Waals surface area (Å²) in [4.78, 5) is 8.72. The number of piperidine rings is 1. The number of rotatable bonds is 6. The highest BCUT2D eigenvalue weighted by Crippen LogP contribution is 2.41. The standard InChI is InChI=1S/C23H38N4OS.HI/c1-24-22(25-18-23(10-3-2-4-11-23)21-6-5-15-29-21)26-20-7-12-27(13-8-20)16-19-9-14-28-17-19;/h5-6,15,19-20H,2-4,7-14,16-18H2,1H3,(H2,24,25,26);1H. The molecule has 2 aliphatic heterocycles. The molecule has 0 aromatic carbocycles. The number of hydrogen-bond donors (Lipinski definition) is 2. The van der Waals surface area contributed by atoms with Crippen LogP contribution < -0.4 is 10.6 Å². The van der Waals surface area contributed by atoms with Gasteiger partial charge in [0, 0.05) is 56.2 Å². The zero-order chi connectivity index (χ0) is 19.9. The van der Waals surface area contributed by atoms with E-state index in [4.69, 9.17) is 4.74 Å². The van der Waals surface area contributed by atoms with Crippen LogP contribution in [0.15, 0.2) is 22.5 Å². The van der Waals surface area contributed by atoms with Crippen LogP contribution in [-0.2, 0) is 10.2 Å². The Balaban J connectivity index is 0.00000256. The first-order valence-electron chi connectivity index (χ1n) is 11.6. The van der Waals surface area contributed by atoms with Crippen LogP contribution in [0.2, 0.25) is 0 Å². The molecule has 3 heterocycles. The Labute approximate surface area is 203 Å². The molecule has 1 aromatic heterocycles. The average molecular weight is 547 g/mol. The summed E-state index contributed by atoms with van der Waals surface area (Å²) in [6.07, 6.45) is 10.3. The minimum absolute atomic E-state index is 0. The molecule has 3 aliphatic rings. The van der Waals surface area contributed by atoms with Crippen molar-refractivity contribution in [2.75, 3.05) is 46.4 Å². The molecule has 3 fully saturated rings. The summed E-state index contributed by atoms with van der Waals surface area (Å²) >= 11 is 1.92. The summed E-state index contributed by atoms with van der Waals surface area (Å²) in [6.45, 7) is 6.49. The van der Waals surface area contributed by atoms with Crippen molar-refractivity contribution < 1.29 is 4.74 Å². The van der Waals surface area contributed by atoms with Gasteiger partial charge in [-0.15, -0.1) is 35.3 Å².